The number of halogens is 2. The molecule has 0 aliphatic carbocycles. The second-order valence-corrected chi connectivity index (χ2v) is 3.17. The number of nitrogens with zero attached hydrogens (tertiary/aromatic N) is 4. The third kappa shape index (κ3) is 1.20. The van der Waals surface area contributed by atoms with E-state index < -0.39 is 0 Å². The summed E-state index contributed by atoms with van der Waals surface area (Å²) in [6, 6.07) is 0. The summed E-state index contributed by atoms with van der Waals surface area (Å²) >= 11 is 11.4. The molecule has 2 aromatic heterocycles. The number of aryl methyl sites for hydroxylation is 1. The van der Waals surface area contributed by atoms with E-state index >= 15 is 0 Å². The van der Waals surface area contributed by atoms with Crippen molar-refractivity contribution in [1.29, 1.82) is 0 Å². The Morgan fingerprint density at radius 1 is 1.23 bits per heavy atom. The highest BCUT2D eigenvalue weighted by atomic mass is 35.5. The van der Waals surface area contributed by atoms with Crippen molar-refractivity contribution in [3.8, 4) is 0 Å². The van der Waals surface area contributed by atoms with Crippen molar-refractivity contribution in [2.45, 2.75) is 0 Å². The zero-order valence-corrected chi connectivity index (χ0v) is 8.13. The molecule has 68 valence electrons. The van der Waals surface area contributed by atoms with Gasteiger partial charge in [-0.15, -0.1) is 0 Å². The first-order valence-corrected chi connectivity index (χ1v) is 4.16. The van der Waals surface area contributed by atoms with Gasteiger partial charge in [0.25, 0.3) is 0 Å². The van der Waals surface area contributed by atoms with Crippen molar-refractivity contribution >= 4 is 40.2 Å². The molecule has 2 rings (SSSR count). The molecule has 0 saturated heterocycles. The molecular weight excluding hydrogens is 213 g/mol. The molecule has 2 heterocycles. The Morgan fingerprint density at radius 3 is 2.62 bits per heavy atom. The first-order valence-electron chi connectivity index (χ1n) is 3.40. The molecule has 13 heavy (non-hydrogen) atoms. The van der Waals surface area contributed by atoms with Gasteiger partial charge >= 0.3 is 0 Å². The predicted octanol–water partition coefficient (Wildman–Crippen LogP) is 1.25. The van der Waals surface area contributed by atoms with Gasteiger partial charge in [-0.2, -0.15) is 15.0 Å². The number of hydrogen-bond acceptors (Lipinski definition) is 4. The van der Waals surface area contributed by atoms with E-state index in [0.29, 0.717) is 16.4 Å². The molecule has 0 amide bonds. The fraction of sp³-hybridized carbons (Fsp3) is 0.167. The van der Waals surface area contributed by atoms with Gasteiger partial charge in [0.1, 0.15) is 5.52 Å². The molecule has 2 N–H and O–H groups in total. The normalized spacial score (nSPS) is 11.0. The van der Waals surface area contributed by atoms with Crippen molar-refractivity contribution in [2.24, 2.45) is 7.05 Å². The zero-order valence-electron chi connectivity index (χ0n) is 6.62. The van der Waals surface area contributed by atoms with Crippen LogP contribution in [0.25, 0.3) is 11.2 Å². The van der Waals surface area contributed by atoms with Gasteiger partial charge in [-0.1, -0.05) is 0 Å². The van der Waals surface area contributed by atoms with Gasteiger partial charge in [-0.05, 0) is 23.2 Å². The molecule has 0 aromatic carbocycles. The highest BCUT2D eigenvalue weighted by molar-refractivity contribution is 6.30. The Balaban J connectivity index is 2.94. The van der Waals surface area contributed by atoms with E-state index in [9.17, 15) is 0 Å². The summed E-state index contributed by atoms with van der Waals surface area (Å²) in [7, 11) is 1.73. The van der Waals surface area contributed by atoms with Gasteiger partial charge in [0, 0.05) is 7.05 Å². The smallest absolute Gasteiger partial charge is 0.226 e. The molecule has 7 heteroatoms. The second kappa shape index (κ2) is 2.71. The lowest BCUT2D eigenvalue weighted by Crippen LogP contribution is -1.97. The van der Waals surface area contributed by atoms with Crippen LogP contribution in [0.5, 0.6) is 0 Å². The van der Waals surface area contributed by atoms with Crippen molar-refractivity contribution < 1.29 is 0 Å². The van der Waals surface area contributed by atoms with Gasteiger partial charge < -0.3 is 10.3 Å². The molecule has 5 nitrogen and oxygen atoms in total. The maximum absolute atomic E-state index is 5.76. The largest absolute Gasteiger partial charge is 0.382 e. The van der Waals surface area contributed by atoms with Crippen LogP contribution in [0.1, 0.15) is 0 Å². The van der Waals surface area contributed by atoms with Gasteiger partial charge in [0.05, 0.1) is 0 Å². The molecule has 0 fully saturated rings. The number of rotatable bonds is 0. The van der Waals surface area contributed by atoms with Gasteiger partial charge in [0.15, 0.2) is 11.5 Å². The summed E-state index contributed by atoms with van der Waals surface area (Å²) in [5.74, 6) is 0.275. The third-order valence-electron chi connectivity index (χ3n) is 1.68. The van der Waals surface area contributed by atoms with Gasteiger partial charge in [-0.3, -0.25) is 0 Å². The Labute approximate surface area is 83.5 Å². The fourth-order valence-electron chi connectivity index (χ4n) is 1.09. The number of anilines is 1. The first-order chi connectivity index (χ1) is 6.09. The number of nitrogens with two attached hydrogens (primary N) is 1. The van der Waals surface area contributed by atoms with Crippen LogP contribution in [0.15, 0.2) is 0 Å². The van der Waals surface area contributed by atoms with Crippen molar-refractivity contribution in [3.63, 3.8) is 0 Å². The topological polar surface area (TPSA) is 69.6 Å². The van der Waals surface area contributed by atoms with Crippen LogP contribution in [0.2, 0.25) is 10.6 Å². The van der Waals surface area contributed by atoms with Gasteiger partial charge in [-0.25, -0.2) is 0 Å². The minimum Gasteiger partial charge on any atom is -0.382 e. The van der Waals surface area contributed by atoms with E-state index in [1.165, 1.54) is 0 Å². The molecule has 0 radical (unpaired) electrons. The molecule has 0 atom stereocenters. The Bertz CT molecular complexity index is 477. The van der Waals surface area contributed by atoms with Crippen molar-refractivity contribution in [2.75, 3.05) is 5.73 Å². The van der Waals surface area contributed by atoms with Crippen LogP contribution in [0.4, 0.5) is 5.82 Å². The van der Waals surface area contributed by atoms with Crippen molar-refractivity contribution in [3.05, 3.63) is 10.6 Å². The average Bonchev–Trinajstić information content (AvgIpc) is 2.27. The van der Waals surface area contributed by atoms with Crippen LogP contribution < -0.4 is 5.73 Å². The third-order valence-corrected chi connectivity index (χ3v) is 2.18. The highest BCUT2D eigenvalue weighted by Gasteiger charge is 2.11. The molecule has 0 unspecified atom stereocenters. The van der Waals surface area contributed by atoms with Crippen molar-refractivity contribution in [1.82, 2.24) is 19.5 Å². The number of imidazole rings is 1. The standard InChI is InChI=1S/C6H5Cl2N5/c1-13-2-3(9)10-5(7)11-4(2)12-6(13)8/h1H3,(H2,9,10,11). The quantitative estimate of drug-likeness (QED) is 0.533. The van der Waals surface area contributed by atoms with Crippen LogP contribution in [-0.4, -0.2) is 19.5 Å². The maximum atomic E-state index is 5.76. The zero-order chi connectivity index (χ0) is 9.59. The first kappa shape index (κ1) is 8.52. The number of fused-ring (bicyclic) bond motifs is 1. The highest BCUT2D eigenvalue weighted by Crippen LogP contribution is 2.21. The van der Waals surface area contributed by atoms with E-state index in [2.05, 4.69) is 15.0 Å². The molecular formula is C6H5Cl2N5. The molecule has 0 bridgehead atoms. The van der Waals surface area contributed by atoms with E-state index in [0.717, 1.165) is 0 Å². The molecule has 2 aromatic rings. The maximum Gasteiger partial charge on any atom is 0.226 e. The fourth-order valence-corrected chi connectivity index (χ4v) is 1.42. The summed E-state index contributed by atoms with van der Waals surface area (Å²) in [5.41, 5.74) is 6.62. The summed E-state index contributed by atoms with van der Waals surface area (Å²) in [6.45, 7) is 0. The lowest BCUT2D eigenvalue weighted by atomic mass is 10.5. The number of nitrogen functional groups attached to an aromatic ring is 1. The van der Waals surface area contributed by atoms with Crippen LogP contribution in [0.3, 0.4) is 0 Å². The molecule has 0 saturated carbocycles. The summed E-state index contributed by atoms with van der Waals surface area (Å²) in [6.07, 6.45) is 0. The Morgan fingerprint density at radius 2 is 1.92 bits per heavy atom. The number of aromatic nitrogens is 4. The Hall–Kier alpha value is -1.07. The van der Waals surface area contributed by atoms with Crippen LogP contribution in [0, 0.1) is 0 Å². The monoisotopic (exact) mass is 217 g/mol. The SMILES string of the molecule is Cn1c(Cl)nc2nc(Cl)nc(N)c21. The summed E-state index contributed by atoms with van der Waals surface area (Å²) in [4.78, 5) is 11.6. The van der Waals surface area contributed by atoms with E-state index in [1.807, 2.05) is 0 Å². The minimum atomic E-state index is 0.0692. The van der Waals surface area contributed by atoms with E-state index in [4.69, 9.17) is 28.9 Å². The van der Waals surface area contributed by atoms with Crippen LogP contribution in [-0.2, 0) is 7.05 Å². The lowest BCUT2D eigenvalue weighted by molar-refractivity contribution is 0.947. The summed E-state index contributed by atoms with van der Waals surface area (Å²) in [5, 5.41) is 0.373. The van der Waals surface area contributed by atoms with Gasteiger partial charge in [0.2, 0.25) is 10.6 Å². The minimum absolute atomic E-state index is 0.0692. The van der Waals surface area contributed by atoms with Crippen LogP contribution >= 0.6 is 23.2 Å². The Kier molecular flexibility index (Phi) is 1.78. The predicted molar refractivity (Wildman–Crippen MR) is 50.7 cm³/mol. The lowest BCUT2D eigenvalue weighted by Gasteiger charge is -1.98. The molecule has 0 aliphatic heterocycles. The van der Waals surface area contributed by atoms with E-state index in [-0.39, 0.29) is 11.1 Å². The molecule has 0 spiro atoms. The second-order valence-electron chi connectivity index (χ2n) is 2.49. The molecule has 0 aliphatic rings. The number of hydrogen-bond donors (Lipinski definition) is 1. The van der Waals surface area contributed by atoms with E-state index in [1.54, 1.807) is 11.6 Å². The summed E-state index contributed by atoms with van der Waals surface area (Å²) < 4.78 is 1.60. The average molecular weight is 218 g/mol.